The number of methoxy groups -OCH3 is 1. The van der Waals surface area contributed by atoms with Crippen molar-refractivity contribution < 1.29 is 19.1 Å². The Morgan fingerprint density at radius 1 is 1.12 bits per heavy atom. The zero-order valence-electron chi connectivity index (χ0n) is 14.2. The van der Waals surface area contributed by atoms with Crippen LogP contribution >= 0.6 is 0 Å². The second-order valence-corrected chi connectivity index (χ2v) is 5.75. The van der Waals surface area contributed by atoms with E-state index in [0.29, 0.717) is 17.7 Å². The highest BCUT2D eigenvalue weighted by Gasteiger charge is 2.14. The summed E-state index contributed by atoms with van der Waals surface area (Å²) in [5, 5.41) is 1.10. The fourth-order valence-electron chi connectivity index (χ4n) is 2.75. The van der Waals surface area contributed by atoms with Crippen molar-refractivity contribution in [3.8, 4) is 11.5 Å². The number of esters is 1. The number of para-hydroxylation sites is 1. The molecule has 0 aliphatic carbocycles. The smallest absolute Gasteiger partial charge is 0.311 e. The van der Waals surface area contributed by atoms with Crippen molar-refractivity contribution in [1.82, 2.24) is 4.98 Å². The van der Waals surface area contributed by atoms with Gasteiger partial charge in [0.15, 0.2) is 5.78 Å². The monoisotopic (exact) mass is 337 g/mol. The number of nitrogens with one attached hydrogen (secondary N) is 1. The molecule has 0 radical (unpaired) electrons. The predicted octanol–water partition coefficient (Wildman–Crippen LogP) is 3.92. The van der Waals surface area contributed by atoms with Gasteiger partial charge >= 0.3 is 5.97 Å². The molecule has 0 amide bonds. The molecular formula is C20H19NO4. The maximum absolute atomic E-state index is 12.2. The third-order valence-corrected chi connectivity index (χ3v) is 4.07. The number of aromatic amines is 1. The van der Waals surface area contributed by atoms with Gasteiger partial charge in [-0.05, 0) is 37.1 Å². The Hall–Kier alpha value is -3.08. The van der Waals surface area contributed by atoms with Crippen molar-refractivity contribution in [1.29, 1.82) is 0 Å². The lowest BCUT2D eigenvalue weighted by Crippen LogP contribution is -2.11. The van der Waals surface area contributed by atoms with Crippen LogP contribution in [0.1, 0.15) is 29.3 Å². The Morgan fingerprint density at radius 2 is 1.92 bits per heavy atom. The number of aromatic nitrogens is 1. The summed E-state index contributed by atoms with van der Waals surface area (Å²) in [4.78, 5) is 27.1. The summed E-state index contributed by atoms with van der Waals surface area (Å²) in [5.74, 6) is 0.211. The van der Waals surface area contributed by atoms with E-state index in [1.807, 2.05) is 30.5 Å². The average molecular weight is 337 g/mol. The van der Waals surface area contributed by atoms with E-state index in [4.69, 9.17) is 9.47 Å². The normalized spacial score (nSPS) is 10.6. The van der Waals surface area contributed by atoms with Crippen molar-refractivity contribution in [3.05, 3.63) is 59.8 Å². The summed E-state index contributed by atoms with van der Waals surface area (Å²) in [5.41, 5.74) is 2.46. The largest absolute Gasteiger partial charge is 0.497 e. The van der Waals surface area contributed by atoms with Crippen LogP contribution in [-0.4, -0.2) is 23.8 Å². The number of hydrogen-bond acceptors (Lipinski definition) is 4. The topological polar surface area (TPSA) is 68.4 Å². The van der Waals surface area contributed by atoms with Crippen molar-refractivity contribution in [3.63, 3.8) is 0 Å². The van der Waals surface area contributed by atoms with Crippen LogP contribution < -0.4 is 9.47 Å². The standard InChI is InChI=1S/C20H19NO4/c1-13(22)16-9-8-15(24-2)11-19(16)25-20(23)10-7-14-12-21-18-6-4-3-5-17(14)18/h3-6,8-9,11-12,21H,7,10H2,1-2H3. The number of fused-ring (bicyclic) bond motifs is 1. The number of carbonyl (C=O) groups is 2. The van der Waals surface area contributed by atoms with Crippen LogP contribution in [0.5, 0.6) is 11.5 Å². The number of hydrogen-bond donors (Lipinski definition) is 1. The molecule has 2 aromatic carbocycles. The minimum Gasteiger partial charge on any atom is -0.497 e. The van der Waals surface area contributed by atoms with Crippen molar-refractivity contribution in [2.24, 2.45) is 0 Å². The van der Waals surface area contributed by atoms with Gasteiger partial charge in [0, 0.05) is 23.2 Å². The highest BCUT2D eigenvalue weighted by molar-refractivity contribution is 5.97. The number of Topliss-reactive ketones (excluding diaryl/α,β-unsaturated/α-hetero) is 1. The van der Waals surface area contributed by atoms with E-state index >= 15 is 0 Å². The molecule has 5 heteroatoms. The molecule has 0 saturated heterocycles. The van der Waals surface area contributed by atoms with E-state index in [1.54, 1.807) is 18.2 Å². The van der Waals surface area contributed by atoms with E-state index in [9.17, 15) is 9.59 Å². The first-order valence-electron chi connectivity index (χ1n) is 8.03. The van der Waals surface area contributed by atoms with Gasteiger partial charge in [-0.3, -0.25) is 9.59 Å². The number of ketones is 1. The second-order valence-electron chi connectivity index (χ2n) is 5.75. The maximum Gasteiger partial charge on any atom is 0.311 e. The molecule has 0 aliphatic heterocycles. The first-order valence-corrected chi connectivity index (χ1v) is 8.03. The van der Waals surface area contributed by atoms with Gasteiger partial charge in [-0.25, -0.2) is 0 Å². The van der Waals surface area contributed by atoms with Crippen LogP contribution in [0.4, 0.5) is 0 Å². The van der Waals surface area contributed by atoms with E-state index in [1.165, 1.54) is 14.0 Å². The minimum atomic E-state index is -0.388. The fourth-order valence-corrected chi connectivity index (χ4v) is 2.75. The van der Waals surface area contributed by atoms with Crippen LogP contribution in [0.15, 0.2) is 48.7 Å². The highest BCUT2D eigenvalue weighted by atomic mass is 16.5. The van der Waals surface area contributed by atoms with Gasteiger partial charge in [0.25, 0.3) is 0 Å². The molecule has 1 N–H and O–H groups in total. The Bertz CT molecular complexity index is 926. The first-order chi connectivity index (χ1) is 12.1. The SMILES string of the molecule is COc1ccc(C(C)=O)c(OC(=O)CCc2c[nH]c3ccccc23)c1. The van der Waals surface area contributed by atoms with Gasteiger partial charge in [0.1, 0.15) is 11.5 Å². The zero-order valence-corrected chi connectivity index (χ0v) is 14.2. The number of rotatable bonds is 6. The Labute approximate surface area is 145 Å². The summed E-state index contributed by atoms with van der Waals surface area (Å²) in [6.07, 6.45) is 2.68. The summed E-state index contributed by atoms with van der Waals surface area (Å²) in [7, 11) is 1.52. The molecule has 0 atom stereocenters. The molecule has 3 rings (SSSR count). The molecule has 3 aromatic rings. The van der Waals surface area contributed by atoms with Crippen molar-refractivity contribution >= 4 is 22.7 Å². The Kier molecular flexibility index (Phi) is 4.84. The third-order valence-electron chi connectivity index (χ3n) is 4.07. The molecule has 25 heavy (non-hydrogen) atoms. The van der Waals surface area contributed by atoms with E-state index < -0.39 is 0 Å². The fraction of sp³-hybridized carbons (Fsp3) is 0.200. The van der Waals surface area contributed by atoms with Gasteiger partial charge in [-0.15, -0.1) is 0 Å². The zero-order chi connectivity index (χ0) is 17.8. The lowest BCUT2D eigenvalue weighted by Gasteiger charge is -2.10. The first kappa shape index (κ1) is 16.8. The Morgan fingerprint density at radius 3 is 2.68 bits per heavy atom. The lowest BCUT2D eigenvalue weighted by molar-refractivity contribution is -0.134. The van der Waals surface area contributed by atoms with E-state index in [0.717, 1.165) is 16.5 Å². The molecule has 0 fully saturated rings. The van der Waals surface area contributed by atoms with Crippen LogP contribution in [0.2, 0.25) is 0 Å². The molecule has 5 nitrogen and oxygen atoms in total. The third kappa shape index (κ3) is 3.71. The van der Waals surface area contributed by atoms with Gasteiger partial charge in [0.2, 0.25) is 0 Å². The van der Waals surface area contributed by atoms with E-state index in [2.05, 4.69) is 4.98 Å². The van der Waals surface area contributed by atoms with Gasteiger partial charge in [0.05, 0.1) is 19.1 Å². The van der Waals surface area contributed by atoms with Crippen molar-refractivity contribution in [2.45, 2.75) is 19.8 Å². The molecule has 1 aromatic heterocycles. The van der Waals surface area contributed by atoms with Crippen LogP contribution in [0, 0.1) is 0 Å². The highest BCUT2D eigenvalue weighted by Crippen LogP contribution is 2.26. The number of H-pyrrole nitrogens is 1. The van der Waals surface area contributed by atoms with Crippen LogP contribution in [0.25, 0.3) is 10.9 Å². The van der Waals surface area contributed by atoms with Crippen LogP contribution in [0.3, 0.4) is 0 Å². The van der Waals surface area contributed by atoms with Gasteiger partial charge in [-0.2, -0.15) is 0 Å². The average Bonchev–Trinajstić information content (AvgIpc) is 3.03. The summed E-state index contributed by atoms with van der Waals surface area (Å²) in [6.45, 7) is 1.44. The minimum absolute atomic E-state index is 0.165. The summed E-state index contributed by atoms with van der Waals surface area (Å²) < 4.78 is 10.5. The second kappa shape index (κ2) is 7.21. The van der Waals surface area contributed by atoms with Gasteiger partial charge < -0.3 is 14.5 Å². The number of benzene rings is 2. The number of aryl methyl sites for hydroxylation is 1. The number of ether oxygens (including phenoxy) is 2. The number of carbonyl (C=O) groups excluding carboxylic acids is 2. The molecule has 0 aliphatic rings. The van der Waals surface area contributed by atoms with Crippen molar-refractivity contribution in [2.75, 3.05) is 7.11 Å². The van der Waals surface area contributed by atoms with E-state index in [-0.39, 0.29) is 23.9 Å². The predicted molar refractivity (Wildman–Crippen MR) is 95.3 cm³/mol. The molecule has 128 valence electrons. The Balaban J connectivity index is 1.71. The maximum atomic E-state index is 12.2. The molecule has 1 heterocycles. The molecule has 0 unspecified atom stereocenters. The van der Waals surface area contributed by atoms with Gasteiger partial charge in [-0.1, -0.05) is 18.2 Å². The molecule has 0 spiro atoms. The van der Waals surface area contributed by atoms with Crippen LogP contribution in [-0.2, 0) is 11.2 Å². The molecule has 0 bridgehead atoms. The lowest BCUT2D eigenvalue weighted by atomic mass is 10.1. The summed E-state index contributed by atoms with van der Waals surface area (Å²) in [6, 6.07) is 12.8. The molecular weight excluding hydrogens is 318 g/mol. The quantitative estimate of drug-likeness (QED) is 0.420. The molecule has 0 saturated carbocycles. The summed E-state index contributed by atoms with van der Waals surface area (Å²) >= 11 is 0.